The van der Waals surface area contributed by atoms with Gasteiger partial charge >= 0.3 is 24.0 Å². The Balaban J connectivity index is 1.16. The molecule has 0 fully saturated rings. The summed E-state index contributed by atoms with van der Waals surface area (Å²) in [4.78, 5) is 0. The van der Waals surface area contributed by atoms with Crippen LogP contribution >= 0.6 is 43.7 Å². The van der Waals surface area contributed by atoms with Crippen LogP contribution in [0.3, 0.4) is 0 Å². The fourth-order valence-electron chi connectivity index (χ4n) is 4.76. The van der Waals surface area contributed by atoms with E-state index in [1.165, 1.54) is 56.5 Å². The summed E-state index contributed by atoms with van der Waals surface area (Å²) in [6, 6.07) is 20.2. The van der Waals surface area contributed by atoms with Gasteiger partial charge < -0.3 is 23.4 Å². The first-order valence-electron chi connectivity index (χ1n) is 16.7. The van der Waals surface area contributed by atoms with Gasteiger partial charge in [-0.2, -0.15) is 5.10 Å². The maximum Gasteiger partial charge on any atom is 0.714 e. The van der Waals surface area contributed by atoms with Crippen LogP contribution in [0.4, 0.5) is 0 Å². The van der Waals surface area contributed by atoms with Crippen LogP contribution in [0.25, 0.3) is 0 Å². The van der Waals surface area contributed by atoms with Gasteiger partial charge in [-0.3, -0.25) is 4.57 Å². The number of hydrogen-bond donors (Lipinski definition) is 3. The summed E-state index contributed by atoms with van der Waals surface area (Å²) in [5, 5.41) is 19.0. The Labute approximate surface area is 329 Å². The molecule has 21 heteroatoms. The molecule has 0 aliphatic heterocycles. The predicted molar refractivity (Wildman–Crippen MR) is 218 cm³/mol. The zero-order chi connectivity index (χ0) is 40.0. The van der Waals surface area contributed by atoms with Crippen molar-refractivity contribution in [2.45, 2.75) is 24.8 Å². The molecule has 1 aliphatic carbocycles. The number of aliphatic hydroxyl groups is 1. The molecule has 0 heterocycles. The third kappa shape index (κ3) is 13.7. The average molecular weight is 855 g/mol. The maximum absolute atomic E-state index is 12.9. The highest BCUT2D eigenvalue weighted by molar-refractivity contribution is 8.42. The minimum absolute atomic E-state index is 0.0755. The molecule has 3 aromatic carbocycles. The standard InChI is InChI=1S/C34H46N6O10P4S/c1-38(36-24-28-11-19-33(20-12-28)50-53(55)40(3)37-25-26-7-15-30(45-4)16-8-26)51(42)48-31-17-9-27(10-18-31)23-35-39(2)52(43)49-32-21-13-29(14-22-32)34(41)54(44,46-5)47-6/h7-11,13-19,21-23,25,28,33-34,36,41,55H,12,20,24H2,1-6H3/q+2/b35-23+,37-25+. The molecule has 2 N–H and O–H groups in total. The molecule has 0 amide bonds. The van der Waals surface area contributed by atoms with Crippen LogP contribution in [0.15, 0.2) is 95.2 Å². The van der Waals surface area contributed by atoms with E-state index in [-0.39, 0.29) is 23.3 Å². The van der Waals surface area contributed by atoms with E-state index in [2.05, 4.69) is 34.0 Å². The third-order valence-corrected chi connectivity index (χ3v) is 14.0. The van der Waals surface area contributed by atoms with E-state index in [1.54, 1.807) is 49.4 Å². The highest BCUT2D eigenvalue weighted by Crippen LogP contribution is 2.58. The highest BCUT2D eigenvalue weighted by Gasteiger charge is 2.34. The Bertz CT molecular complexity index is 1840. The number of aliphatic hydroxyl groups excluding tert-OH is 1. The number of nitrogens with zero attached hydrogens (tertiary/aromatic N) is 5. The first-order valence-corrected chi connectivity index (χ1v) is 23.0. The number of hydrogen-bond acceptors (Lipinski definition) is 15. The molecule has 4 rings (SSSR count). The molecule has 0 saturated heterocycles. The van der Waals surface area contributed by atoms with Gasteiger partial charge in [0.15, 0.2) is 17.3 Å². The molecule has 16 nitrogen and oxygen atoms in total. The Morgan fingerprint density at radius 1 is 0.855 bits per heavy atom. The number of hydrazone groups is 2. The van der Waals surface area contributed by atoms with Crippen molar-refractivity contribution in [2.24, 2.45) is 16.1 Å². The van der Waals surface area contributed by atoms with Gasteiger partial charge in [0.05, 0.1) is 39.7 Å². The van der Waals surface area contributed by atoms with Crippen molar-refractivity contribution in [3.8, 4) is 17.2 Å². The molecule has 296 valence electrons. The summed E-state index contributed by atoms with van der Waals surface area (Å²) in [7, 11) is -0.617. The fraction of sp³-hybridized carbons (Fsp3) is 0.353. The SMILES string of the molecule is COc1ccc(/C=N/N(C)P(S)OC2C=CC(CNN(C)[P+](=O)Oc3ccc(/C=N/N(C)[P+](=O)Oc4ccc(C(O)P(=O)(OC)OC)cc4)cc3)CC2)cc1. The number of nitrogens with one attached hydrogen (secondary N) is 1. The number of thiol groups is 1. The second-order valence-corrected chi connectivity index (χ2v) is 18.9. The lowest BCUT2D eigenvalue weighted by molar-refractivity contribution is 0.176. The van der Waals surface area contributed by atoms with Crippen molar-refractivity contribution in [3.63, 3.8) is 0 Å². The van der Waals surface area contributed by atoms with E-state index in [0.29, 0.717) is 17.9 Å². The predicted octanol–water partition coefficient (Wildman–Crippen LogP) is 8.12. The molecular weight excluding hydrogens is 808 g/mol. The minimum Gasteiger partial charge on any atom is -0.497 e. The number of benzene rings is 3. The molecule has 0 saturated carbocycles. The molecule has 55 heavy (non-hydrogen) atoms. The number of hydrazine groups is 1. The van der Waals surface area contributed by atoms with Crippen LogP contribution in [0.1, 0.15) is 35.4 Å². The van der Waals surface area contributed by atoms with Gasteiger partial charge in [-0.05, 0) is 101 Å². The van der Waals surface area contributed by atoms with E-state index in [9.17, 15) is 18.8 Å². The summed E-state index contributed by atoms with van der Waals surface area (Å²) in [5.41, 5.74) is 5.06. The molecule has 0 bridgehead atoms. The summed E-state index contributed by atoms with van der Waals surface area (Å²) < 4.78 is 74.3. The topological polar surface area (TPSA) is 173 Å². The maximum atomic E-state index is 12.9. The molecule has 1 aliphatic rings. The molecule has 3 aromatic rings. The number of rotatable bonds is 21. The molecule has 0 radical (unpaired) electrons. The Kier molecular flexibility index (Phi) is 17.7. The van der Waals surface area contributed by atoms with E-state index < -0.39 is 37.3 Å². The van der Waals surface area contributed by atoms with Gasteiger partial charge in [0.25, 0.3) is 0 Å². The number of ether oxygens (including phenoxy) is 1. The Morgan fingerprint density at radius 2 is 1.40 bits per heavy atom. The van der Waals surface area contributed by atoms with E-state index in [4.69, 9.17) is 27.4 Å². The average Bonchev–Trinajstić information content (AvgIpc) is 3.21. The molecule has 0 aromatic heterocycles. The molecule has 6 unspecified atom stereocenters. The fourth-order valence-corrected chi connectivity index (χ4v) is 8.22. The first kappa shape index (κ1) is 44.4. The minimum atomic E-state index is -3.74. The Morgan fingerprint density at radius 3 is 1.95 bits per heavy atom. The summed E-state index contributed by atoms with van der Waals surface area (Å²) in [5.74, 6) is 0.154. The summed E-state index contributed by atoms with van der Waals surface area (Å²) in [6.07, 6.45) is 8.99. The van der Waals surface area contributed by atoms with Crippen LogP contribution < -0.4 is 19.2 Å². The first-order chi connectivity index (χ1) is 26.3. The summed E-state index contributed by atoms with van der Waals surface area (Å²) >= 11 is 4.63. The van der Waals surface area contributed by atoms with Gasteiger partial charge in [0.2, 0.25) is 7.50 Å². The van der Waals surface area contributed by atoms with Crippen molar-refractivity contribution in [1.82, 2.24) is 19.8 Å². The molecule has 6 atom stereocenters. The monoisotopic (exact) mass is 854 g/mol. The zero-order valence-electron chi connectivity index (χ0n) is 31.2. The van der Waals surface area contributed by atoms with Crippen LogP contribution in [-0.4, -0.2) is 87.0 Å². The van der Waals surface area contributed by atoms with Crippen LogP contribution in [-0.2, 0) is 27.3 Å². The lowest BCUT2D eigenvalue weighted by atomic mass is 9.94. The third-order valence-electron chi connectivity index (χ3n) is 8.06. The van der Waals surface area contributed by atoms with Gasteiger partial charge in [-0.15, -0.1) is 5.10 Å². The van der Waals surface area contributed by atoms with Crippen molar-refractivity contribution >= 4 is 56.1 Å². The largest absolute Gasteiger partial charge is 0.714 e. The lowest BCUT2D eigenvalue weighted by Crippen LogP contribution is -2.34. The van der Waals surface area contributed by atoms with Crippen molar-refractivity contribution < 1.29 is 46.2 Å². The van der Waals surface area contributed by atoms with Crippen molar-refractivity contribution in [3.05, 3.63) is 102 Å². The second-order valence-electron chi connectivity index (χ2n) is 11.8. The van der Waals surface area contributed by atoms with Gasteiger partial charge in [-0.25, -0.2) is 19.3 Å². The summed E-state index contributed by atoms with van der Waals surface area (Å²) in [6.45, 7) is 0.571. The quantitative estimate of drug-likeness (QED) is 0.0308. The van der Waals surface area contributed by atoms with Crippen LogP contribution in [0.2, 0.25) is 0 Å². The smallest absolute Gasteiger partial charge is 0.497 e. The van der Waals surface area contributed by atoms with Gasteiger partial charge in [0.1, 0.15) is 5.75 Å². The normalized spacial score (nSPS) is 17.6. The molecule has 0 spiro atoms. The van der Waals surface area contributed by atoms with Gasteiger partial charge in [-0.1, -0.05) is 36.5 Å². The highest BCUT2D eigenvalue weighted by atomic mass is 32.7. The Hall–Kier alpha value is -3.29. The lowest BCUT2D eigenvalue weighted by Gasteiger charge is -2.27. The molecular formula is C34H46N6O10P4S+2. The van der Waals surface area contributed by atoms with E-state index in [0.717, 1.165) is 28.9 Å². The van der Waals surface area contributed by atoms with Crippen LogP contribution in [0.5, 0.6) is 17.2 Å². The van der Waals surface area contributed by atoms with Crippen molar-refractivity contribution in [2.75, 3.05) is 49.0 Å². The van der Waals surface area contributed by atoms with E-state index in [1.807, 2.05) is 37.4 Å². The van der Waals surface area contributed by atoms with Gasteiger partial charge in [0, 0.05) is 41.7 Å². The van der Waals surface area contributed by atoms with E-state index >= 15 is 0 Å². The second kappa shape index (κ2) is 21.9. The van der Waals surface area contributed by atoms with Crippen LogP contribution in [0, 0.1) is 5.92 Å². The van der Waals surface area contributed by atoms with Crippen molar-refractivity contribution in [1.29, 1.82) is 0 Å². The number of methoxy groups -OCH3 is 1. The zero-order valence-corrected chi connectivity index (χ0v) is 35.7.